The molecule has 4 amide bonds. The molecule has 0 radical (unpaired) electrons. The number of allylic oxidation sites excluding steroid dienone is 1. The molecule has 53 heavy (non-hydrogen) atoms. The van der Waals surface area contributed by atoms with Crippen LogP contribution in [0, 0.1) is 17.8 Å². The van der Waals surface area contributed by atoms with E-state index in [-0.39, 0.29) is 31.2 Å². The minimum absolute atomic E-state index is 0.0200. The maximum atomic E-state index is 14.7. The first-order chi connectivity index (χ1) is 25.0. The maximum Gasteiger partial charge on any atom is 0.408 e. The van der Waals surface area contributed by atoms with Crippen molar-refractivity contribution < 1.29 is 41.8 Å². The summed E-state index contributed by atoms with van der Waals surface area (Å²) in [6.45, 7) is 9.10. The summed E-state index contributed by atoms with van der Waals surface area (Å²) in [4.78, 5) is 61.9. The van der Waals surface area contributed by atoms with Gasteiger partial charge < -0.3 is 29.7 Å². The Morgan fingerprint density at radius 1 is 1.04 bits per heavy atom. The Morgan fingerprint density at radius 2 is 1.75 bits per heavy atom. The Labute approximate surface area is 310 Å². The van der Waals surface area contributed by atoms with Crippen LogP contribution in [-0.2, 0) is 29.1 Å². The minimum Gasteiger partial charge on any atom is -0.494 e. The summed E-state index contributed by atoms with van der Waals surface area (Å²) >= 11 is 0. The van der Waals surface area contributed by atoms with E-state index in [4.69, 9.17) is 14.2 Å². The van der Waals surface area contributed by atoms with Gasteiger partial charge in [0.15, 0.2) is 0 Å². The number of fused-ring (bicyclic) bond motifs is 3. The van der Waals surface area contributed by atoms with Crippen molar-refractivity contribution in [2.75, 3.05) is 13.7 Å². The Morgan fingerprint density at radius 3 is 2.43 bits per heavy atom. The summed E-state index contributed by atoms with van der Waals surface area (Å²) in [5.74, 6) is -1.73. The van der Waals surface area contributed by atoms with Gasteiger partial charge in [0, 0.05) is 23.1 Å². The van der Waals surface area contributed by atoms with Gasteiger partial charge in [-0.25, -0.2) is 18.2 Å². The van der Waals surface area contributed by atoms with Crippen molar-refractivity contribution in [1.29, 1.82) is 0 Å². The molecule has 7 unspecified atom stereocenters. The predicted octanol–water partition coefficient (Wildman–Crippen LogP) is 3.98. The number of nitrogens with zero attached hydrogens (tertiary/aromatic N) is 2. The number of sulfonamides is 1. The van der Waals surface area contributed by atoms with Gasteiger partial charge in [-0.15, -0.1) is 0 Å². The number of nitrogens with one attached hydrogen (secondary N) is 3. The SMILES string of the molecule is COc1cnc(OC2CC3C(=O)NC4(C(=O)NS(=O)(=O)C5CC5)CC4C=CC(C)CCCC(C)C(NC(=O)OC(C)(C)C)C(=O)N3C2)c2ccccc12. The number of ether oxygens (including phenoxy) is 3. The quantitative estimate of drug-likeness (QED) is 0.350. The third-order valence-corrected chi connectivity index (χ3v) is 12.4. The minimum atomic E-state index is -3.90. The summed E-state index contributed by atoms with van der Waals surface area (Å²) in [7, 11) is -2.35. The molecule has 1 aromatic carbocycles. The number of hydrogen-bond donors (Lipinski definition) is 3. The fourth-order valence-corrected chi connectivity index (χ4v) is 8.67. The van der Waals surface area contributed by atoms with E-state index in [1.54, 1.807) is 34.1 Å². The van der Waals surface area contributed by atoms with Crippen LogP contribution in [0.5, 0.6) is 11.6 Å². The second-order valence-corrected chi connectivity index (χ2v) is 18.0. The summed E-state index contributed by atoms with van der Waals surface area (Å²) in [6.07, 6.45) is 7.27. The topological polar surface area (TPSA) is 182 Å². The second kappa shape index (κ2) is 14.8. The van der Waals surface area contributed by atoms with Crippen molar-refractivity contribution in [3.8, 4) is 11.6 Å². The number of amides is 4. The lowest BCUT2D eigenvalue weighted by atomic mass is 9.92. The van der Waals surface area contributed by atoms with Crippen molar-refractivity contribution in [2.24, 2.45) is 17.8 Å². The molecule has 1 aromatic heterocycles. The maximum absolute atomic E-state index is 14.7. The molecule has 2 saturated carbocycles. The molecule has 7 atom stereocenters. The van der Waals surface area contributed by atoms with E-state index in [1.165, 1.54) is 4.90 Å². The van der Waals surface area contributed by atoms with E-state index < -0.39 is 74.3 Å². The number of methoxy groups -OCH3 is 1. The zero-order valence-corrected chi connectivity index (χ0v) is 32.0. The molecule has 288 valence electrons. The van der Waals surface area contributed by atoms with Crippen LogP contribution in [0.4, 0.5) is 4.79 Å². The van der Waals surface area contributed by atoms with Gasteiger partial charge in [-0.2, -0.15) is 0 Å². The van der Waals surface area contributed by atoms with Crippen LogP contribution in [0.15, 0.2) is 42.6 Å². The van der Waals surface area contributed by atoms with Gasteiger partial charge in [0.1, 0.15) is 35.1 Å². The Kier molecular flexibility index (Phi) is 10.7. The lowest BCUT2D eigenvalue weighted by molar-refractivity contribution is -0.142. The molecule has 2 aliphatic heterocycles. The molecule has 3 N–H and O–H groups in total. The molecular weight excluding hydrogens is 703 g/mol. The van der Waals surface area contributed by atoms with Crippen molar-refractivity contribution in [3.63, 3.8) is 0 Å². The predicted molar refractivity (Wildman–Crippen MR) is 196 cm³/mol. The highest BCUT2D eigenvalue weighted by atomic mass is 32.2. The van der Waals surface area contributed by atoms with Gasteiger partial charge in [-0.3, -0.25) is 19.1 Å². The zero-order chi connectivity index (χ0) is 38.3. The molecule has 2 aliphatic carbocycles. The van der Waals surface area contributed by atoms with Crippen molar-refractivity contribution in [3.05, 3.63) is 42.6 Å². The van der Waals surface area contributed by atoms with Crippen molar-refractivity contribution in [1.82, 2.24) is 25.2 Å². The highest BCUT2D eigenvalue weighted by Crippen LogP contribution is 2.46. The standard InChI is InChI=1S/C38H51N5O9S/c1-22-10-9-11-23(2)31(40-36(47)52-37(3,4)5)34(45)43-21-25(51-33-28-13-8-7-12-27(28)30(50-6)20-39-33)18-29(43)32(44)41-38(19-24(38)15-14-22)35(46)42-53(48,49)26-16-17-26/h7-8,12-15,20,22-26,29,31H,9-11,16-19,21H2,1-6H3,(H,40,47)(H,41,44)(H,42,46). The first kappa shape index (κ1) is 38.3. The number of carbonyl (C=O) groups excluding carboxylic acids is 4. The van der Waals surface area contributed by atoms with Crippen molar-refractivity contribution >= 4 is 44.6 Å². The number of hydrogen-bond acceptors (Lipinski definition) is 10. The smallest absolute Gasteiger partial charge is 0.408 e. The Balaban J connectivity index is 1.35. The molecule has 6 rings (SSSR count). The zero-order valence-electron chi connectivity index (χ0n) is 31.2. The summed E-state index contributed by atoms with van der Waals surface area (Å²) < 4.78 is 45.4. The van der Waals surface area contributed by atoms with E-state index in [9.17, 15) is 27.6 Å². The van der Waals surface area contributed by atoms with E-state index >= 15 is 0 Å². The first-order valence-electron chi connectivity index (χ1n) is 18.5. The van der Waals surface area contributed by atoms with Crippen LogP contribution < -0.4 is 24.8 Å². The van der Waals surface area contributed by atoms with Gasteiger partial charge in [-0.1, -0.05) is 50.6 Å². The van der Waals surface area contributed by atoms with Crippen LogP contribution in [0.3, 0.4) is 0 Å². The van der Waals surface area contributed by atoms with Gasteiger partial charge >= 0.3 is 6.09 Å². The molecule has 15 heteroatoms. The van der Waals surface area contributed by atoms with Crippen LogP contribution in [0.1, 0.15) is 79.6 Å². The largest absolute Gasteiger partial charge is 0.494 e. The molecule has 2 aromatic rings. The van der Waals surface area contributed by atoms with E-state index in [2.05, 4.69) is 20.3 Å². The Bertz CT molecular complexity index is 1890. The molecule has 1 saturated heterocycles. The van der Waals surface area contributed by atoms with Crippen LogP contribution in [-0.4, -0.2) is 90.3 Å². The monoisotopic (exact) mass is 753 g/mol. The molecular formula is C38H51N5O9S. The van der Waals surface area contributed by atoms with Crippen LogP contribution in [0.2, 0.25) is 0 Å². The van der Waals surface area contributed by atoms with E-state index in [1.807, 2.05) is 50.3 Å². The second-order valence-electron chi connectivity index (χ2n) is 16.0. The normalized spacial score (nSPS) is 29.5. The number of aromatic nitrogens is 1. The molecule has 14 nitrogen and oxygen atoms in total. The third kappa shape index (κ3) is 8.55. The number of carbonyl (C=O) groups is 4. The number of benzene rings is 1. The van der Waals surface area contributed by atoms with Crippen LogP contribution >= 0.6 is 0 Å². The lowest BCUT2D eigenvalue weighted by Gasteiger charge is -2.32. The fourth-order valence-electron chi connectivity index (χ4n) is 7.31. The summed E-state index contributed by atoms with van der Waals surface area (Å²) in [6, 6.07) is 5.27. The molecule has 0 spiro atoms. The summed E-state index contributed by atoms with van der Waals surface area (Å²) in [5, 5.41) is 6.51. The molecule has 3 heterocycles. The lowest BCUT2D eigenvalue weighted by Crippen LogP contribution is -2.59. The molecule has 0 bridgehead atoms. The number of rotatable bonds is 7. The number of pyridine rings is 1. The average molecular weight is 754 g/mol. The van der Waals surface area contributed by atoms with E-state index in [0.717, 1.165) is 18.2 Å². The molecule has 3 fully saturated rings. The van der Waals surface area contributed by atoms with E-state index in [0.29, 0.717) is 36.3 Å². The summed E-state index contributed by atoms with van der Waals surface area (Å²) in [5.41, 5.74) is -2.33. The van der Waals surface area contributed by atoms with Crippen LogP contribution in [0.25, 0.3) is 10.8 Å². The molecule has 4 aliphatic rings. The van der Waals surface area contributed by atoms with Crippen molar-refractivity contribution in [2.45, 2.75) is 114 Å². The third-order valence-electron chi connectivity index (χ3n) is 10.5. The Hall–Kier alpha value is -4.40. The van der Waals surface area contributed by atoms with Gasteiger partial charge in [0.25, 0.3) is 5.91 Å². The average Bonchev–Trinajstić information content (AvgIpc) is 4.02. The highest BCUT2D eigenvalue weighted by Gasteiger charge is 2.62. The number of alkyl carbamates (subject to hydrolysis) is 1. The first-order valence-corrected chi connectivity index (χ1v) is 20.0. The highest BCUT2D eigenvalue weighted by molar-refractivity contribution is 7.91. The fraction of sp³-hybridized carbons (Fsp3) is 0.605. The van der Waals surface area contributed by atoms with Gasteiger partial charge in [0.2, 0.25) is 27.7 Å². The van der Waals surface area contributed by atoms with Gasteiger partial charge in [0.05, 0.1) is 25.1 Å². The van der Waals surface area contributed by atoms with Gasteiger partial charge in [-0.05, 0) is 70.8 Å².